The minimum atomic E-state index is -0.603. The topological polar surface area (TPSA) is 91.2 Å². The largest absolute Gasteiger partial charge is 0.493 e. The Balaban J connectivity index is 1.89. The van der Waals surface area contributed by atoms with Gasteiger partial charge in [-0.25, -0.2) is 4.39 Å². The molecule has 0 aliphatic heterocycles. The molecule has 0 aliphatic rings. The number of nitrogens with one attached hydrogen (secondary N) is 1. The molecule has 3 rings (SSSR count). The molecule has 1 amide bonds. The summed E-state index contributed by atoms with van der Waals surface area (Å²) in [5, 5.41) is 13.9. The number of aromatic nitrogens is 4. The van der Waals surface area contributed by atoms with E-state index in [9.17, 15) is 9.18 Å². The predicted octanol–water partition coefficient (Wildman–Crippen LogP) is 3.81. The SMILES string of the molecule is CCCOc1c(Cl)cc(C(=O)Nc2cc(-n3nnnc3C)ccc2F)cc1OC. The second kappa shape index (κ2) is 8.87. The van der Waals surface area contributed by atoms with E-state index >= 15 is 0 Å². The minimum Gasteiger partial charge on any atom is -0.493 e. The summed E-state index contributed by atoms with van der Waals surface area (Å²) in [6, 6.07) is 7.10. The summed E-state index contributed by atoms with van der Waals surface area (Å²) in [7, 11) is 1.45. The molecule has 152 valence electrons. The van der Waals surface area contributed by atoms with Crippen LogP contribution in [0.4, 0.5) is 10.1 Å². The molecule has 0 bridgehead atoms. The fourth-order valence-electron chi connectivity index (χ4n) is 2.60. The lowest BCUT2D eigenvalue weighted by Gasteiger charge is -2.14. The van der Waals surface area contributed by atoms with Crippen molar-refractivity contribution in [1.29, 1.82) is 0 Å². The van der Waals surface area contributed by atoms with Crippen molar-refractivity contribution in [3.05, 3.63) is 52.6 Å². The zero-order valence-corrected chi connectivity index (χ0v) is 16.8. The number of hydrogen-bond donors (Lipinski definition) is 1. The molecule has 0 fully saturated rings. The zero-order chi connectivity index (χ0) is 21.0. The summed E-state index contributed by atoms with van der Waals surface area (Å²) in [5.41, 5.74) is 0.672. The number of rotatable bonds is 7. The lowest BCUT2D eigenvalue weighted by atomic mass is 10.1. The summed E-state index contributed by atoms with van der Waals surface area (Å²) in [4.78, 5) is 12.7. The van der Waals surface area contributed by atoms with Crippen LogP contribution in [0.25, 0.3) is 5.69 Å². The fourth-order valence-corrected chi connectivity index (χ4v) is 2.87. The van der Waals surface area contributed by atoms with Gasteiger partial charge in [-0.1, -0.05) is 18.5 Å². The third-order valence-electron chi connectivity index (χ3n) is 4.01. The molecule has 0 aliphatic carbocycles. The molecule has 0 radical (unpaired) electrons. The van der Waals surface area contributed by atoms with Crippen molar-refractivity contribution in [3.8, 4) is 17.2 Å². The van der Waals surface area contributed by atoms with Crippen molar-refractivity contribution in [3.63, 3.8) is 0 Å². The van der Waals surface area contributed by atoms with E-state index in [1.54, 1.807) is 6.92 Å². The highest BCUT2D eigenvalue weighted by Gasteiger charge is 2.18. The number of carbonyl (C=O) groups is 1. The van der Waals surface area contributed by atoms with Gasteiger partial charge in [0.2, 0.25) is 0 Å². The molecule has 0 saturated carbocycles. The molecule has 3 aromatic rings. The van der Waals surface area contributed by atoms with Crippen LogP contribution in [0.2, 0.25) is 5.02 Å². The highest BCUT2D eigenvalue weighted by molar-refractivity contribution is 6.32. The number of anilines is 1. The number of halogens is 2. The number of carbonyl (C=O) groups excluding carboxylic acids is 1. The smallest absolute Gasteiger partial charge is 0.255 e. The van der Waals surface area contributed by atoms with Gasteiger partial charge in [-0.15, -0.1) is 5.10 Å². The molecule has 0 spiro atoms. The van der Waals surface area contributed by atoms with Crippen molar-refractivity contribution in [2.24, 2.45) is 0 Å². The van der Waals surface area contributed by atoms with Gasteiger partial charge in [0.05, 0.1) is 30.1 Å². The summed E-state index contributed by atoms with van der Waals surface area (Å²) in [5.74, 6) is 0.0307. The Morgan fingerprint density at radius 1 is 1.31 bits per heavy atom. The number of amides is 1. The van der Waals surface area contributed by atoms with Crippen LogP contribution in [0, 0.1) is 12.7 Å². The van der Waals surface area contributed by atoms with Crippen LogP contribution in [-0.4, -0.2) is 39.8 Å². The average Bonchev–Trinajstić information content (AvgIpc) is 3.14. The number of tetrazole rings is 1. The first-order valence-electron chi connectivity index (χ1n) is 8.81. The van der Waals surface area contributed by atoms with Crippen LogP contribution in [-0.2, 0) is 0 Å². The van der Waals surface area contributed by atoms with Gasteiger partial charge < -0.3 is 14.8 Å². The van der Waals surface area contributed by atoms with E-state index in [1.807, 2.05) is 6.92 Å². The molecule has 2 aromatic carbocycles. The third kappa shape index (κ3) is 4.45. The highest BCUT2D eigenvalue weighted by atomic mass is 35.5. The summed E-state index contributed by atoms with van der Waals surface area (Å²) in [6.45, 7) is 4.12. The summed E-state index contributed by atoms with van der Waals surface area (Å²) < 4.78 is 26.6. The summed E-state index contributed by atoms with van der Waals surface area (Å²) in [6.07, 6.45) is 0.790. The number of methoxy groups -OCH3 is 1. The lowest BCUT2D eigenvalue weighted by Crippen LogP contribution is -2.14. The number of ether oxygens (including phenoxy) is 2. The Kier molecular flexibility index (Phi) is 6.28. The van der Waals surface area contributed by atoms with Gasteiger partial charge in [-0.2, -0.15) is 4.68 Å². The van der Waals surface area contributed by atoms with Gasteiger partial charge in [0.15, 0.2) is 17.3 Å². The first-order valence-corrected chi connectivity index (χ1v) is 9.19. The maximum absolute atomic E-state index is 14.3. The Bertz CT molecular complexity index is 1040. The van der Waals surface area contributed by atoms with Gasteiger partial charge in [-0.05, 0) is 54.1 Å². The first kappa shape index (κ1) is 20.5. The van der Waals surface area contributed by atoms with Crippen LogP contribution in [0.15, 0.2) is 30.3 Å². The van der Waals surface area contributed by atoms with Gasteiger partial charge in [-0.3, -0.25) is 4.79 Å². The zero-order valence-electron chi connectivity index (χ0n) is 16.1. The molecule has 1 aromatic heterocycles. The monoisotopic (exact) mass is 419 g/mol. The number of nitrogens with zero attached hydrogens (tertiary/aromatic N) is 4. The van der Waals surface area contributed by atoms with Gasteiger partial charge in [0.1, 0.15) is 5.82 Å². The molecular formula is C19H19ClFN5O3. The molecule has 1 N–H and O–H groups in total. The Morgan fingerprint density at radius 3 is 2.76 bits per heavy atom. The molecular weight excluding hydrogens is 401 g/mol. The van der Waals surface area contributed by atoms with E-state index in [2.05, 4.69) is 20.8 Å². The molecule has 0 saturated heterocycles. The Labute approximate surface area is 171 Å². The molecule has 10 heteroatoms. The highest BCUT2D eigenvalue weighted by Crippen LogP contribution is 2.36. The van der Waals surface area contributed by atoms with Crippen LogP contribution >= 0.6 is 11.6 Å². The van der Waals surface area contributed by atoms with Crippen LogP contribution in [0.5, 0.6) is 11.5 Å². The maximum atomic E-state index is 14.3. The van der Waals surface area contributed by atoms with E-state index in [1.165, 1.54) is 42.1 Å². The second-order valence-corrected chi connectivity index (χ2v) is 6.50. The van der Waals surface area contributed by atoms with E-state index in [0.29, 0.717) is 29.6 Å². The minimum absolute atomic E-state index is 0.0243. The second-order valence-electron chi connectivity index (χ2n) is 6.09. The van der Waals surface area contributed by atoms with Crippen LogP contribution in [0.1, 0.15) is 29.5 Å². The number of benzene rings is 2. The predicted molar refractivity (Wildman–Crippen MR) is 106 cm³/mol. The molecule has 1 heterocycles. The molecule has 8 nitrogen and oxygen atoms in total. The van der Waals surface area contributed by atoms with E-state index in [0.717, 1.165) is 6.42 Å². The molecule has 0 atom stereocenters. The first-order chi connectivity index (χ1) is 13.9. The quantitative estimate of drug-likeness (QED) is 0.626. The number of aryl methyl sites for hydroxylation is 1. The maximum Gasteiger partial charge on any atom is 0.255 e. The van der Waals surface area contributed by atoms with Gasteiger partial charge in [0, 0.05) is 5.56 Å². The Hall–Kier alpha value is -3.20. The van der Waals surface area contributed by atoms with Crippen LogP contribution in [0.3, 0.4) is 0 Å². The number of hydrogen-bond acceptors (Lipinski definition) is 6. The average molecular weight is 420 g/mol. The Morgan fingerprint density at radius 2 is 2.10 bits per heavy atom. The fraction of sp³-hybridized carbons (Fsp3) is 0.263. The normalized spacial score (nSPS) is 10.7. The van der Waals surface area contributed by atoms with Crippen molar-refractivity contribution >= 4 is 23.2 Å². The standard InChI is InChI=1S/C19H19ClFN5O3/c1-4-7-29-18-14(20)8-12(9-17(18)28-3)19(27)22-16-10-13(5-6-15(16)21)26-11(2)23-24-25-26/h5-6,8-10H,4,7H2,1-3H3,(H,22,27). The summed E-state index contributed by atoms with van der Waals surface area (Å²) >= 11 is 6.25. The lowest BCUT2D eigenvalue weighted by molar-refractivity contribution is 0.102. The van der Waals surface area contributed by atoms with Crippen LogP contribution < -0.4 is 14.8 Å². The van der Waals surface area contributed by atoms with Gasteiger partial charge in [0.25, 0.3) is 5.91 Å². The van der Waals surface area contributed by atoms with E-state index in [4.69, 9.17) is 21.1 Å². The van der Waals surface area contributed by atoms with Crippen molar-refractivity contribution in [1.82, 2.24) is 20.2 Å². The molecule has 29 heavy (non-hydrogen) atoms. The third-order valence-corrected chi connectivity index (χ3v) is 4.29. The van der Waals surface area contributed by atoms with Crippen molar-refractivity contribution in [2.75, 3.05) is 19.0 Å². The van der Waals surface area contributed by atoms with Crippen molar-refractivity contribution in [2.45, 2.75) is 20.3 Å². The van der Waals surface area contributed by atoms with E-state index in [-0.39, 0.29) is 16.3 Å². The van der Waals surface area contributed by atoms with Gasteiger partial charge >= 0.3 is 0 Å². The van der Waals surface area contributed by atoms with E-state index < -0.39 is 11.7 Å². The van der Waals surface area contributed by atoms with Crippen molar-refractivity contribution < 1.29 is 18.7 Å². The molecule has 0 unspecified atom stereocenters.